The number of rotatable bonds is 7. The van der Waals surface area contributed by atoms with Gasteiger partial charge in [0, 0.05) is 23.4 Å². The van der Waals surface area contributed by atoms with Gasteiger partial charge in [-0.3, -0.25) is 4.79 Å². The van der Waals surface area contributed by atoms with Gasteiger partial charge in [-0.2, -0.15) is 0 Å². The van der Waals surface area contributed by atoms with Crippen LogP contribution in [0.15, 0.2) is 18.2 Å². The maximum Gasteiger partial charge on any atom is 0.255 e. The Morgan fingerprint density at radius 2 is 2.11 bits per heavy atom. The van der Waals surface area contributed by atoms with Crippen molar-refractivity contribution in [2.45, 2.75) is 6.92 Å². The molecule has 0 aliphatic rings. The monoisotopic (exact) mass is 367 g/mol. The Morgan fingerprint density at radius 1 is 1.37 bits per heavy atom. The molecule has 0 spiro atoms. The third-order valence-electron chi connectivity index (χ3n) is 2.56. The molecule has 1 aromatic carbocycles. The van der Waals surface area contributed by atoms with E-state index >= 15 is 0 Å². The van der Waals surface area contributed by atoms with Crippen molar-refractivity contribution in [2.24, 2.45) is 0 Å². The van der Waals surface area contributed by atoms with Gasteiger partial charge < -0.3 is 9.64 Å². The third kappa shape index (κ3) is 5.30. The second-order valence-electron chi connectivity index (χ2n) is 3.81. The summed E-state index contributed by atoms with van der Waals surface area (Å²) in [4.78, 5) is 14.0. The van der Waals surface area contributed by atoms with Gasteiger partial charge in [0.2, 0.25) is 0 Å². The van der Waals surface area contributed by atoms with Crippen LogP contribution >= 0.6 is 39.1 Å². The molecule has 3 nitrogen and oxygen atoms in total. The minimum atomic E-state index is -0.105. The number of ether oxygens (including phenoxy) is 1. The predicted molar refractivity (Wildman–Crippen MR) is 82.7 cm³/mol. The van der Waals surface area contributed by atoms with Crippen LogP contribution in [-0.4, -0.2) is 42.4 Å². The van der Waals surface area contributed by atoms with E-state index in [1.807, 2.05) is 6.92 Å². The fourth-order valence-electron chi connectivity index (χ4n) is 1.57. The van der Waals surface area contributed by atoms with Gasteiger partial charge in [-0.25, -0.2) is 0 Å². The maximum absolute atomic E-state index is 12.3. The van der Waals surface area contributed by atoms with Crippen molar-refractivity contribution >= 4 is 45.0 Å². The Labute approximate surface area is 131 Å². The lowest BCUT2D eigenvalue weighted by Crippen LogP contribution is -2.34. The van der Waals surface area contributed by atoms with Gasteiger partial charge >= 0.3 is 0 Å². The van der Waals surface area contributed by atoms with E-state index in [0.29, 0.717) is 41.9 Å². The highest BCUT2D eigenvalue weighted by molar-refractivity contribution is 9.09. The van der Waals surface area contributed by atoms with Gasteiger partial charge in [0.15, 0.2) is 0 Å². The molecule has 1 aromatic rings. The second kappa shape index (κ2) is 8.80. The zero-order valence-corrected chi connectivity index (χ0v) is 13.8. The molecule has 0 saturated heterocycles. The Kier molecular flexibility index (Phi) is 7.76. The number of hydrogen-bond acceptors (Lipinski definition) is 2. The maximum atomic E-state index is 12.3. The van der Waals surface area contributed by atoms with E-state index in [9.17, 15) is 4.79 Å². The summed E-state index contributed by atoms with van der Waals surface area (Å²) in [5, 5.41) is 1.68. The lowest BCUT2D eigenvalue weighted by atomic mass is 10.2. The molecule has 106 valence electrons. The molecular formula is C13H16BrCl2NO2. The Bertz CT molecular complexity index is 429. The van der Waals surface area contributed by atoms with E-state index in [-0.39, 0.29) is 5.91 Å². The second-order valence-corrected chi connectivity index (χ2v) is 5.45. The van der Waals surface area contributed by atoms with Crippen LogP contribution in [0, 0.1) is 0 Å². The van der Waals surface area contributed by atoms with Gasteiger partial charge in [-0.05, 0) is 25.1 Å². The highest BCUT2D eigenvalue weighted by atomic mass is 79.9. The quantitative estimate of drug-likeness (QED) is 0.540. The van der Waals surface area contributed by atoms with E-state index in [1.165, 1.54) is 0 Å². The predicted octanol–water partition coefficient (Wildman–Crippen LogP) is 3.87. The van der Waals surface area contributed by atoms with Crippen molar-refractivity contribution in [1.82, 2.24) is 4.90 Å². The molecule has 1 rings (SSSR count). The van der Waals surface area contributed by atoms with Crippen LogP contribution in [-0.2, 0) is 4.74 Å². The van der Waals surface area contributed by atoms with E-state index in [1.54, 1.807) is 23.1 Å². The number of carbonyl (C=O) groups is 1. The minimum absolute atomic E-state index is 0.105. The van der Waals surface area contributed by atoms with Gasteiger partial charge in [0.05, 0.1) is 23.8 Å². The molecule has 0 fully saturated rings. The first-order valence-corrected chi connectivity index (χ1v) is 7.86. The lowest BCUT2D eigenvalue weighted by molar-refractivity contribution is 0.0672. The number of hydrogen-bond donors (Lipinski definition) is 0. The van der Waals surface area contributed by atoms with Crippen LogP contribution in [0.1, 0.15) is 17.3 Å². The topological polar surface area (TPSA) is 29.5 Å². The first-order chi connectivity index (χ1) is 9.10. The number of likely N-dealkylation sites (N-methyl/N-ethyl adjacent to an activating group) is 1. The minimum Gasteiger partial charge on any atom is -0.379 e. The van der Waals surface area contributed by atoms with Gasteiger partial charge in [-0.15, -0.1) is 0 Å². The number of halogens is 3. The molecule has 0 radical (unpaired) electrons. The fourth-order valence-corrected chi connectivity index (χ4v) is 2.29. The number of benzene rings is 1. The highest BCUT2D eigenvalue weighted by Gasteiger charge is 2.17. The number of carbonyl (C=O) groups excluding carboxylic acids is 1. The first kappa shape index (κ1) is 16.8. The van der Waals surface area contributed by atoms with Crippen molar-refractivity contribution < 1.29 is 9.53 Å². The summed E-state index contributed by atoms with van der Waals surface area (Å²) < 4.78 is 5.36. The van der Waals surface area contributed by atoms with Crippen molar-refractivity contribution in [2.75, 3.05) is 31.6 Å². The molecule has 0 aliphatic carbocycles. The molecule has 0 aliphatic heterocycles. The fraction of sp³-hybridized carbons (Fsp3) is 0.462. The van der Waals surface area contributed by atoms with Gasteiger partial charge in [-0.1, -0.05) is 39.1 Å². The Hall–Kier alpha value is -0.290. The van der Waals surface area contributed by atoms with Crippen molar-refractivity contribution in [3.05, 3.63) is 33.8 Å². The standard InChI is InChI=1S/C13H16BrCl2NO2/c1-2-17(6-8-19-7-5-14)13(18)11-4-3-10(15)9-12(11)16/h3-4,9H,2,5-8H2,1H3. The normalized spacial score (nSPS) is 10.5. The SMILES string of the molecule is CCN(CCOCCBr)C(=O)c1ccc(Cl)cc1Cl. The lowest BCUT2D eigenvalue weighted by Gasteiger charge is -2.21. The molecule has 19 heavy (non-hydrogen) atoms. The van der Waals surface area contributed by atoms with Gasteiger partial charge in [0.1, 0.15) is 0 Å². The van der Waals surface area contributed by atoms with E-state index in [2.05, 4.69) is 15.9 Å². The summed E-state index contributed by atoms with van der Waals surface area (Å²) in [6.45, 7) is 4.22. The van der Waals surface area contributed by atoms with Crippen LogP contribution in [0.4, 0.5) is 0 Å². The van der Waals surface area contributed by atoms with E-state index in [4.69, 9.17) is 27.9 Å². The molecular weight excluding hydrogens is 353 g/mol. The van der Waals surface area contributed by atoms with E-state index in [0.717, 1.165) is 5.33 Å². The molecule has 0 atom stereocenters. The molecule has 1 amide bonds. The third-order valence-corrected chi connectivity index (χ3v) is 3.43. The average molecular weight is 369 g/mol. The summed E-state index contributed by atoms with van der Waals surface area (Å²) in [5.41, 5.74) is 0.466. The Morgan fingerprint density at radius 3 is 2.68 bits per heavy atom. The summed E-state index contributed by atoms with van der Waals surface area (Å²) in [6.07, 6.45) is 0. The largest absolute Gasteiger partial charge is 0.379 e. The summed E-state index contributed by atoms with van der Waals surface area (Å²) in [6, 6.07) is 4.89. The number of amides is 1. The zero-order valence-electron chi connectivity index (χ0n) is 10.7. The van der Waals surface area contributed by atoms with Crippen molar-refractivity contribution in [3.63, 3.8) is 0 Å². The molecule has 0 bridgehead atoms. The molecule has 0 aromatic heterocycles. The van der Waals surface area contributed by atoms with Crippen LogP contribution < -0.4 is 0 Å². The smallest absolute Gasteiger partial charge is 0.255 e. The molecule has 6 heteroatoms. The average Bonchev–Trinajstić information content (AvgIpc) is 2.38. The summed E-state index contributed by atoms with van der Waals surface area (Å²) >= 11 is 15.1. The van der Waals surface area contributed by atoms with Crippen LogP contribution in [0.5, 0.6) is 0 Å². The molecule has 0 N–H and O–H groups in total. The molecule has 0 saturated carbocycles. The molecule has 0 heterocycles. The number of alkyl halides is 1. The summed E-state index contributed by atoms with van der Waals surface area (Å²) in [5.74, 6) is -0.105. The van der Waals surface area contributed by atoms with Crippen molar-refractivity contribution in [1.29, 1.82) is 0 Å². The van der Waals surface area contributed by atoms with Crippen LogP contribution in [0.25, 0.3) is 0 Å². The first-order valence-electron chi connectivity index (χ1n) is 5.98. The summed E-state index contributed by atoms with van der Waals surface area (Å²) in [7, 11) is 0. The molecule has 0 unspecified atom stereocenters. The number of nitrogens with zero attached hydrogens (tertiary/aromatic N) is 1. The van der Waals surface area contributed by atoms with Crippen LogP contribution in [0.2, 0.25) is 10.0 Å². The van der Waals surface area contributed by atoms with Gasteiger partial charge in [0.25, 0.3) is 5.91 Å². The Balaban J connectivity index is 2.67. The van der Waals surface area contributed by atoms with Crippen LogP contribution in [0.3, 0.4) is 0 Å². The highest BCUT2D eigenvalue weighted by Crippen LogP contribution is 2.22. The zero-order chi connectivity index (χ0) is 14.3. The van der Waals surface area contributed by atoms with Crippen molar-refractivity contribution in [3.8, 4) is 0 Å². The van der Waals surface area contributed by atoms with E-state index < -0.39 is 0 Å².